The molecular formula is C16H30N2O2. The van der Waals surface area contributed by atoms with Crippen LogP contribution in [0.4, 0.5) is 0 Å². The van der Waals surface area contributed by atoms with Crippen LogP contribution < -0.4 is 5.32 Å². The van der Waals surface area contributed by atoms with Crippen molar-refractivity contribution >= 4 is 5.71 Å². The second-order valence-electron chi connectivity index (χ2n) is 7.54. The first kappa shape index (κ1) is 15.8. The van der Waals surface area contributed by atoms with Crippen molar-refractivity contribution in [2.45, 2.75) is 66.0 Å². The quantitative estimate of drug-likeness (QED) is 0.736. The lowest BCUT2D eigenvalue weighted by molar-refractivity contribution is 0.0374. The summed E-state index contributed by atoms with van der Waals surface area (Å²) in [5.74, 6) is 0.738. The molecule has 2 saturated carbocycles. The third kappa shape index (κ3) is 2.73. The van der Waals surface area contributed by atoms with Gasteiger partial charge in [-0.3, -0.25) is 0 Å². The summed E-state index contributed by atoms with van der Waals surface area (Å²) in [4.78, 5) is 5.42. The molecule has 0 aromatic rings. The van der Waals surface area contributed by atoms with Crippen LogP contribution >= 0.6 is 0 Å². The number of nitrogens with zero attached hydrogens (tertiary/aromatic N) is 1. The zero-order valence-corrected chi connectivity index (χ0v) is 13.6. The SMILES string of the molecule is CC(C)NCC(O)CO/N=C1\C[C@@H]2CC[C@@]1(C)C2(C)C. The van der Waals surface area contributed by atoms with Crippen LogP contribution in [0.1, 0.15) is 53.9 Å². The molecule has 0 aromatic carbocycles. The lowest BCUT2D eigenvalue weighted by atomic mass is 9.70. The predicted molar refractivity (Wildman–Crippen MR) is 81.8 cm³/mol. The van der Waals surface area contributed by atoms with Crippen molar-refractivity contribution in [2.75, 3.05) is 13.2 Å². The first-order chi connectivity index (χ1) is 9.27. The normalized spacial score (nSPS) is 35.0. The van der Waals surface area contributed by atoms with Crippen molar-refractivity contribution in [3.8, 4) is 0 Å². The Balaban J connectivity index is 1.85. The minimum atomic E-state index is -0.499. The molecule has 4 nitrogen and oxygen atoms in total. The Kier molecular flexibility index (Phi) is 4.45. The summed E-state index contributed by atoms with van der Waals surface area (Å²) in [6, 6.07) is 0.376. The summed E-state index contributed by atoms with van der Waals surface area (Å²) in [6.45, 7) is 12.0. The van der Waals surface area contributed by atoms with E-state index < -0.39 is 6.10 Å². The molecule has 0 aromatic heterocycles. The second kappa shape index (κ2) is 5.64. The largest absolute Gasteiger partial charge is 0.393 e. The maximum absolute atomic E-state index is 9.81. The van der Waals surface area contributed by atoms with Gasteiger partial charge in [-0.2, -0.15) is 0 Å². The first-order valence-electron chi connectivity index (χ1n) is 7.88. The van der Waals surface area contributed by atoms with Gasteiger partial charge in [0.1, 0.15) is 12.7 Å². The van der Waals surface area contributed by atoms with Crippen LogP contribution in [0.25, 0.3) is 0 Å². The fourth-order valence-corrected chi connectivity index (χ4v) is 3.70. The van der Waals surface area contributed by atoms with E-state index >= 15 is 0 Å². The van der Waals surface area contributed by atoms with Gasteiger partial charge >= 0.3 is 0 Å². The van der Waals surface area contributed by atoms with E-state index in [1.165, 1.54) is 18.6 Å². The number of hydrogen-bond donors (Lipinski definition) is 2. The van der Waals surface area contributed by atoms with Crippen molar-refractivity contribution in [3.63, 3.8) is 0 Å². The predicted octanol–water partition coefficient (Wildman–Crippen LogP) is 2.56. The minimum absolute atomic E-state index is 0.179. The van der Waals surface area contributed by atoms with Crippen LogP contribution in [0, 0.1) is 16.7 Å². The lowest BCUT2D eigenvalue weighted by Gasteiger charge is -2.34. The number of rotatable bonds is 6. The smallest absolute Gasteiger partial charge is 0.144 e. The van der Waals surface area contributed by atoms with Gasteiger partial charge in [-0.15, -0.1) is 0 Å². The maximum Gasteiger partial charge on any atom is 0.144 e. The number of aliphatic hydroxyl groups is 1. The highest BCUT2D eigenvalue weighted by molar-refractivity contribution is 5.93. The van der Waals surface area contributed by atoms with Crippen molar-refractivity contribution in [1.29, 1.82) is 0 Å². The summed E-state index contributed by atoms with van der Waals surface area (Å²) in [5, 5.41) is 17.4. The fourth-order valence-electron chi connectivity index (χ4n) is 3.70. The maximum atomic E-state index is 9.81. The molecule has 116 valence electrons. The van der Waals surface area contributed by atoms with Crippen LogP contribution in [0.15, 0.2) is 5.16 Å². The number of nitrogens with one attached hydrogen (secondary N) is 1. The number of hydrogen-bond acceptors (Lipinski definition) is 4. The Hall–Kier alpha value is -0.610. The van der Waals surface area contributed by atoms with Crippen LogP contribution in [0.2, 0.25) is 0 Å². The van der Waals surface area contributed by atoms with Gasteiger partial charge in [-0.05, 0) is 30.6 Å². The molecule has 0 radical (unpaired) electrons. The Morgan fingerprint density at radius 1 is 1.40 bits per heavy atom. The molecule has 20 heavy (non-hydrogen) atoms. The minimum Gasteiger partial charge on any atom is -0.393 e. The van der Waals surface area contributed by atoms with E-state index in [0.29, 0.717) is 18.0 Å². The third-order valence-electron chi connectivity index (χ3n) is 5.72. The zero-order chi connectivity index (χ0) is 15.0. The number of oxime groups is 1. The van der Waals surface area contributed by atoms with E-state index in [0.717, 1.165) is 12.3 Å². The average Bonchev–Trinajstić information content (AvgIpc) is 2.69. The molecule has 2 aliphatic rings. The number of fused-ring (bicyclic) bond motifs is 2. The van der Waals surface area contributed by atoms with Crippen molar-refractivity contribution in [2.24, 2.45) is 21.9 Å². The highest BCUT2D eigenvalue weighted by Gasteiger charge is 2.60. The molecule has 2 rings (SSSR count). The van der Waals surface area contributed by atoms with Crippen LogP contribution in [-0.2, 0) is 4.84 Å². The Bertz CT molecular complexity index is 379. The van der Waals surface area contributed by atoms with Gasteiger partial charge in [0.25, 0.3) is 0 Å². The summed E-state index contributed by atoms with van der Waals surface area (Å²) in [7, 11) is 0. The summed E-state index contributed by atoms with van der Waals surface area (Å²) >= 11 is 0. The third-order valence-corrected chi connectivity index (χ3v) is 5.72. The summed E-state index contributed by atoms with van der Waals surface area (Å²) in [6.07, 6.45) is 3.08. The average molecular weight is 282 g/mol. The molecule has 3 atom stereocenters. The van der Waals surface area contributed by atoms with Crippen molar-refractivity contribution in [3.05, 3.63) is 0 Å². The highest BCUT2D eigenvalue weighted by atomic mass is 16.6. The van der Waals surface area contributed by atoms with Crippen LogP contribution in [-0.4, -0.2) is 36.1 Å². The van der Waals surface area contributed by atoms with Gasteiger partial charge in [-0.25, -0.2) is 0 Å². The van der Waals surface area contributed by atoms with E-state index in [1.807, 2.05) is 0 Å². The van der Waals surface area contributed by atoms with Gasteiger partial charge in [0.05, 0.1) is 5.71 Å². The lowest BCUT2D eigenvalue weighted by Crippen LogP contribution is -2.35. The number of aliphatic hydroxyl groups excluding tert-OH is 1. The van der Waals surface area contributed by atoms with E-state index in [1.54, 1.807) is 0 Å². The molecule has 0 saturated heterocycles. The Morgan fingerprint density at radius 3 is 2.60 bits per heavy atom. The van der Waals surface area contributed by atoms with Gasteiger partial charge in [0.15, 0.2) is 0 Å². The fraction of sp³-hybridized carbons (Fsp3) is 0.938. The van der Waals surface area contributed by atoms with E-state index in [4.69, 9.17) is 4.84 Å². The van der Waals surface area contributed by atoms with E-state index in [2.05, 4.69) is 45.1 Å². The second-order valence-corrected chi connectivity index (χ2v) is 7.54. The molecule has 0 aliphatic heterocycles. The summed E-state index contributed by atoms with van der Waals surface area (Å²) < 4.78 is 0. The van der Waals surface area contributed by atoms with Gasteiger partial charge in [0.2, 0.25) is 0 Å². The zero-order valence-electron chi connectivity index (χ0n) is 13.6. The molecule has 2 N–H and O–H groups in total. The Labute approximate surface area is 123 Å². The molecule has 1 unspecified atom stereocenters. The van der Waals surface area contributed by atoms with Crippen LogP contribution in [0.3, 0.4) is 0 Å². The molecular weight excluding hydrogens is 252 g/mol. The highest BCUT2D eigenvalue weighted by Crippen LogP contribution is 2.63. The van der Waals surface area contributed by atoms with Gasteiger partial charge in [-0.1, -0.05) is 39.8 Å². The molecule has 2 bridgehead atoms. The van der Waals surface area contributed by atoms with E-state index in [9.17, 15) is 5.11 Å². The van der Waals surface area contributed by atoms with Crippen molar-refractivity contribution in [1.82, 2.24) is 5.32 Å². The monoisotopic (exact) mass is 282 g/mol. The van der Waals surface area contributed by atoms with Gasteiger partial charge in [0, 0.05) is 18.0 Å². The summed E-state index contributed by atoms with van der Waals surface area (Å²) in [5.41, 5.74) is 1.70. The standard InChI is InChI=1S/C16H30N2O2/c1-11(2)17-9-13(19)10-20-18-14-8-12-6-7-16(14,5)15(12,3)4/h11-13,17,19H,6-10H2,1-5H3/b18-14+/t12-,13?,16+/m0/s1. The molecule has 0 spiro atoms. The van der Waals surface area contributed by atoms with Crippen LogP contribution in [0.5, 0.6) is 0 Å². The molecule has 0 amide bonds. The topological polar surface area (TPSA) is 53.8 Å². The first-order valence-corrected chi connectivity index (χ1v) is 7.88. The molecule has 0 heterocycles. The Morgan fingerprint density at radius 2 is 2.10 bits per heavy atom. The van der Waals surface area contributed by atoms with Gasteiger partial charge < -0.3 is 15.3 Å². The molecule has 4 heteroatoms. The van der Waals surface area contributed by atoms with Crippen molar-refractivity contribution < 1.29 is 9.94 Å². The van der Waals surface area contributed by atoms with E-state index in [-0.39, 0.29) is 12.0 Å². The molecule has 2 aliphatic carbocycles. The molecule has 2 fully saturated rings.